The lowest BCUT2D eigenvalue weighted by molar-refractivity contribution is -0.137. The maximum Gasteiger partial charge on any atom is 0.416 e. The number of nitrogens with one attached hydrogen (secondary N) is 1. The van der Waals surface area contributed by atoms with E-state index in [9.17, 15) is 18.0 Å². The van der Waals surface area contributed by atoms with Crippen LogP contribution in [0.1, 0.15) is 15.9 Å². The quantitative estimate of drug-likeness (QED) is 0.560. The lowest BCUT2D eigenvalue weighted by atomic mass is 9.98. The molecule has 0 aliphatic rings. The Kier molecular flexibility index (Phi) is 4.31. The second kappa shape index (κ2) is 6.80. The van der Waals surface area contributed by atoms with Crippen LogP contribution in [0.5, 0.6) is 0 Å². The smallest absolute Gasteiger partial charge is 0.306 e. The van der Waals surface area contributed by atoms with Crippen molar-refractivity contribution in [2.24, 2.45) is 0 Å². The van der Waals surface area contributed by atoms with Gasteiger partial charge in [0, 0.05) is 17.8 Å². The largest absolute Gasteiger partial charge is 0.416 e. The third-order valence-electron chi connectivity index (χ3n) is 4.23. The summed E-state index contributed by atoms with van der Waals surface area (Å²) in [5.41, 5.74) is 1.21. The molecule has 0 fully saturated rings. The maximum absolute atomic E-state index is 12.8. The molecule has 0 aliphatic heterocycles. The molecule has 4 rings (SSSR count). The summed E-state index contributed by atoms with van der Waals surface area (Å²) in [4.78, 5) is 17.0. The molecule has 0 saturated heterocycles. The average molecular weight is 382 g/mol. The summed E-state index contributed by atoms with van der Waals surface area (Å²) in [5.74, 6) is 0.0284. The van der Waals surface area contributed by atoms with E-state index in [2.05, 4.69) is 15.4 Å². The van der Waals surface area contributed by atoms with E-state index in [0.717, 1.165) is 12.1 Å². The fourth-order valence-electron chi connectivity index (χ4n) is 2.88. The molecule has 0 spiro atoms. The Hall–Kier alpha value is -3.68. The normalized spacial score (nSPS) is 11.5. The first-order valence-electron chi connectivity index (χ1n) is 8.30. The van der Waals surface area contributed by atoms with Crippen LogP contribution in [-0.4, -0.2) is 20.5 Å². The fourth-order valence-corrected chi connectivity index (χ4v) is 2.88. The predicted octanol–water partition coefficient (Wildman–Crippen LogP) is 4.67. The number of carbonyl (C=O) groups is 1. The van der Waals surface area contributed by atoms with Gasteiger partial charge in [0.25, 0.3) is 5.91 Å². The topological polar surface area (TPSA) is 59.3 Å². The predicted molar refractivity (Wildman–Crippen MR) is 97.8 cm³/mol. The summed E-state index contributed by atoms with van der Waals surface area (Å²) in [6.45, 7) is 0. The van der Waals surface area contributed by atoms with E-state index in [1.54, 1.807) is 48.8 Å². The van der Waals surface area contributed by atoms with Crippen LogP contribution in [0, 0.1) is 0 Å². The van der Waals surface area contributed by atoms with E-state index in [1.165, 1.54) is 16.6 Å². The zero-order valence-corrected chi connectivity index (χ0v) is 14.3. The van der Waals surface area contributed by atoms with Gasteiger partial charge >= 0.3 is 6.18 Å². The van der Waals surface area contributed by atoms with E-state index in [4.69, 9.17) is 0 Å². The van der Waals surface area contributed by atoms with Crippen LogP contribution in [0.25, 0.3) is 16.8 Å². The number of alkyl halides is 3. The van der Waals surface area contributed by atoms with Gasteiger partial charge in [0.15, 0.2) is 5.65 Å². The monoisotopic (exact) mass is 382 g/mol. The first kappa shape index (κ1) is 17.7. The van der Waals surface area contributed by atoms with Gasteiger partial charge in [0.1, 0.15) is 5.82 Å². The van der Waals surface area contributed by atoms with Gasteiger partial charge in [-0.2, -0.15) is 22.8 Å². The molecule has 4 aromatic rings. The van der Waals surface area contributed by atoms with Gasteiger partial charge in [0.2, 0.25) is 0 Å². The van der Waals surface area contributed by atoms with E-state index < -0.39 is 17.6 Å². The zero-order chi connectivity index (χ0) is 19.7. The van der Waals surface area contributed by atoms with E-state index in [0.29, 0.717) is 28.2 Å². The van der Waals surface area contributed by atoms with Gasteiger partial charge < -0.3 is 5.32 Å². The maximum atomic E-state index is 12.8. The molecule has 2 aromatic heterocycles. The lowest BCUT2D eigenvalue weighted by Gasteiger charge is -2.12. The SMILES string of the molecule is O=C(Nc1ccnc2ccnn12)c1ccccc1-c1ccc(C(F)(F)F)cc1. The van der Waals surface area contributed by atoms with E-state index in [1.807, 2.05) is 0 Å². The van der Waals surface area contributed by atoms with Crippen molar-refractivity contribution in [3.8, 4) is 11.1 Å². The van der Waals surface area contributed by atoms with Crippen molar-refractivity contribution in [2.75, 3.05) is 5.32 Å². The molecule has 0 saturated carbocycles. The molecule has 140 valence electrons. The Morgan fingerprint density at radius 3 is 2.43 bits per heavy atom. The molecular formula is C20H13F3N4O. The van der Waals surface area contributed by atoms with Crippen LogP contribution in [0.3, 0.4) is 0 Å². The lowest BCUT2D eigenvalue weighted by Crippen LogP contribution is -2.16. The molecule has 2 aromatic carbocycles. The molecule has 2 heterocycles. The molecular weight excluding hydrogens is 369 g/mol. The summed E-state index contributed by atoms with van der Waals surface area (Å²) in [6.07, 6.45) is -1.30. The van der Waals surface area contributed by atoms with Crippen LogP contribution < -0.4 is 5.32 Å². The number of aromatic nitrogens is 3. The van der Waals surface area contributed by atoms with Crippen molar-refractivity contribution in [3.05, 3.63) is 84.2 Å². The van der Waals surface area contributed by atoms with Crippen molar-refractivity contribution in [1.82, 2.24) is 14.6 Å². The summed E-state index contributed by atoms with van der Waals surface area (Å²) in [5, 5.41) is 6.89. The molecule has 0 aliphatic carbocycles. The van der Waals surface area contributed by atoms with Crippen LogP contribution in [0.4, 0.5) is 19.0 Å². The summed E-state index contributed by atoms with van der Waals surface area (Å²) >= 11 is 0. The molecule has 1 amide bonds. The molecule has 0 unspecified atom stereocenters. The van der Waals surface area contributed by atoms with Crippen LogP contribution in [0.15, 0.2) is 73.1 Å². The number of fused-ring (bicyclic) bond motifs is 1. The number of nitrogens with zero attached hydrogens (tertiary/aromatic N) is 3. The van der Waals surface area contributed by atoms with Crippen molar-refractivity contribution in [2.45, 2.75) is 6.18 Å². The number of halogens is 3. The van der Waals surface area contributed by atoms with E-state index in [-0.39, 0.29) is 0 Å². The third kappa shape index (κ3) is 3.32. The van der Waals surface area contributed by atoms with E-state index >= 15 is 0 Å². The van der Waals surface area contributed by atoms with Gasteiger partial charge in [-0.15, -0.1) is 0 Å². The van der Waals surface area contributed by atoms with Crippen LogP contribution >= 0.6 is 0 Å². The Bertz CT molecular complexity index is 1150. The van der Waals surface area contributed by atoms with Crippen molar-refractivity contribution < 1.29 is 18.0 Å². The minimum Gasteiger partial charge on any atom is -0.306 e. The minimum atomic E-state index is -4.41. The van der Waals surface area contributed by atoms with Gasteiger partial charge in [-0.05, 0) is 35.4 Å². The highest BCUT2D eigenvalue weighted by molar-refractivity contribution is 6.08. The van der Waals surface area contributed by atoms with Crippen molar-refractivity contribution >= 4 is 17.4 Å². The summed E-state index contributed by atoms with van der Waals surface area (Å²) in [7, 11) is 0. The number of hydrogen-bond donors (Lipinski definition) is 1. The first-order valence-corrected chi connectivity index (χ1v) is 8.30. The molecule has 0 radical (unpaired) electrons. The molecule has 0 atom stereocenters. The zero-order valence-electron chi connectivity index (χ0n) is 14.3. The molecule has 8 heteroatoms. The number of benzene rings is 2. The Balaban J connectivity index is 1.68. The molecule has 1 N–H and O–H groups in total. The Morgan fingerprint density at radius 2 is 1.68 bits per heavy atom. The highest BCUT2D eigenvalue weighted by Crippen LogP contribution is 2.32. The van der Waals surface area contributed by atoms with Gasteiger partial charge in [0.05, 0.1) is 11.8 Å². The number of carbonyl (C=O) groups excluding carboxylic acids is 1. The number of anilines is 1. The van der Waals surface area contributed by atoms with Crippen molar-refractivity contribution in [1.29, 1.82) is 0 Å². The van der Waals surface area contributed by atoms with Crippen LogP contribution in [0.2, 0.25) is 0 Å². The third-order valence-corrected chi connectivity index (χ3v) is 4.23. The van der Waals surface area contributed by atoms with Gasteiger partial charge in [-0.25, -0.2) is 4.98 Å². The number of hydrogen-bond acceptors (Lipinski definition) is 3. The fraction of sp³-hybridized carbons (Fsp3) is 0.0500. The number of amides is 1. The van der Waals surface area contributed by atoms with Gasteiger partial charge in [-0.1, -0.05) is 30.3 Å². The second-order valence-corrected chi connectivity index (χ2v) is 6.01. The number of rotatable bonds is 3. The highest BCUT2D eigenvalue weighted by atomic mass is 19.4. The van der Waals surface area contributed by atoms with Crippen molar-refractivity contribution in [3.63, 3.8) is 0 Å². The second-order valence-electron chi connectivity index (χ2n) is 6.01. The standard InChI is InChI=1S/C20H13F3N4O/c21-20(22,23)14-7-5-13(6-8-14)15-3-1-2-4-16(15)19(28)26-18-9-11-24-17-10-12-25-27(17)18/h1-12H,(H,26,28). The summed E-state index contributed by atoms with van der Waals surface area (Å²) < 4.78 is 39.9. The molecule has 0 bridgehead atoms. The Labute approximate surface area is 157 Å². The molecule has 5 nitrogen and oxygen atoms in total. The Morgan fingerprint density at radius 1 is 0.929 bits per heavy atom. The summed E-state index contributed by atoms with van der Waals surface area (Å²) in [6, 6.07) is 14.7. The average Bonchev–Trinajstić information content (AvgIpc) is 3.17. The highest BCUT2D eigenvalue weighted by Gasteiger charge is 2.30. The van der Waals surface area contributed by atoms with Gasteiger partial charge in [-0.3, -0.25) is 4.79 Å². The first-order chi connectivity index (χ1) is 13.4. The minimum absolute atomic E-state index is 0.333. The van der Waals surface area contributed by atoms with Crippen LogP contribution in [-0.2, 0) is 6.18 Å². The molecule has 28 heavy (non-hydrogen) atoms.